The van der Waals surface area contributed by atoms with Gasteiger partial charge in [-0.15, -0.1) is 0 Å². The largest absolute Gasteiger partial charge is 0.497 e. The highest BCUT2D eigenvalue weighted by Crippen LogP contribution is 2.42. The van der Waals surface area contributed by atoms with E-state index >= 15 is 0 Å². The molecule has 120 valence electrons. The maximum atomic E-state index is 12.8. The molecule has 1 aromatic rings. The van der Waals surface area contributed by atoms with E-state index in [0.29, 0.717) is 19.3 Å². The monoisotopic (exact) mass is 313 g/mol. The Morgan fingerprint density at radius 3 is 2.77 bits per heavy atom. The Morgan fingerprint density at radius 1 is 1.32 bits per heavy atom. The van der Waals surface area contributed by atoms with Gasteiger partial charge in [0.15, 0.2) is 0 Å². The molecule has 0 bridgehead atoms. The fraction of sp³-hybridized carbons (Fsp3) is 0.562. The smallest absolute Gasteiger partial charge is 0.471 e. The van der Waals surface area contributed by atoms with Crippen LogP contribution in [0.2, 0.25) is 0 Å². The van der Waals surface area contributed by atoms with Gasteiger partial charge in [-0.05, 0) is 48.9 Å². The lowest BCUT2D eigenvalue weighted by atomic mass is 9.74. The number of alkyl halides is 3. The first-order valence-corrected chi connectivity index (χ1v) is 7.46. The lowest BCUT2D eigenvalue weighted by Gasteiger charge is -2.45. The summed E-state index contributed by atoms with van der Waals surface area (Å²) in [5.41, 5.74) is 2.19. The van der Waals surface area contributed by atoms with Gasteiger partial charge in [0.2, 0.25) is 0 Å². The highest BCUT2D eigenvalue weighted by molar-refractivity contribution is 5.82. The minimum Gasteiger partial charge on any atom is -0.497 e. The topological polar surface area (TPSA) is 29.5 Å². The predicted octanol–water partition coefficient (Wildman–Crippen LogP) is 3.28. The normalized spacial score (nSPS) is 24.5. The summed E-state index contributed by atoms with van der Waals surface area (Å²) < 4.78 is 43.5. The number of carbonyl (C=O) groups excluding carboxylic acids is 1. The molecule has 22 heavy (non-hydrogen) atoms. The van der Waals surface area contributed by atoms with Crippen LogP contribution in [0.4, 0.5) is 13.2 Å². The second-order valence-electron chi connectivity index (χ2n) is 5.92. The van der Waals surface area contributed by atoms with Crippen molar-refractivity contribution in [3.05, 3.63) is 29.3 Å². The average molecular weight is 313 g/mol. The zero-order valence-electron chi connectivity index (χ0n) is 12.3. The van der Waals surface area contributed by atoms with Crippen molar-refractivity contribution in [2.75, 3.05) is 13.7 Å². The van der Waals surface area contributed by atoms with Crippen molar-refractivity contribution in [3.8, 4) is 5.75 Å². The van der Waals surface area contributed by atoms with E-state index in [1.807, 2.05) is 18.2 Å². The number of rotatable bonds is 1. The van der Waals surface area contributed by atoms with E-state index in [1.54, 1.807) is 7.11 Å². The molecule has 6 heteroatoms. The lowest BCUT2D eigenvalue weighted by Crippen LogP contribution is -2.53. The highest BCUT2D eigenvalue weighted by atomic mass is 19.4. The Kier molecular flexibility index (Phi) is 3.78. The molecule has 0 N–H and O–H groups in total. The molecule has 2 aliphatic rings. The van der Waals surface area contributed by atoms with Crippen LogP contribution in [0.25, 0.3) is 0 Å². The number of aryl methyl sites for hydroxylation is 1. The molecular formula is C16H18F3NO2. The van der Waals surface area contributed by atoms with Gasteiger partial charge in [-0.1, -0.05) is 6.07 Å². The van der Waals surface area contributed by atoms with Crippen molar-refractivity contribution >= 4 is 5.91 Å². The summed E-state index contributed by atoms with van der Waals surface area (Å²) in [5, 5.41) is 0. The van der Waals surface area contributed by atoms with E-state index in [-0.39, 0.29) is 18.5 Å². The van der Waals surface area contributed by atoms with E-state index in [9.17, 15) is 18.0 Å². The summed E-state index contributed by atoms with van der Waals surface area (Å²) in [4.78, 5) is 12.7. The molecule has 1 aliphatic heterocycles. The molecule has 1 saturated heterocycles. The Bertz CT molecular complexity index is 585. The molecule has 1 amide bonds. The molecule has 1 aliphatic carbocycles. The second kappa shape index (κ2) is 5.48. The van der Waals surface area contributed by atoms with Crippen LogP contribution in [0.3, 0.4) is 0 Å². The number of hydrogen-bond donors (Lipinski definition) is 0. The van der Waals surface area contributed by atoms with Crippen molar-refractivity contribution in [1.82, 2.24) is 4.90 Å². The minimum atomic E-state index is -4.79. The maximum absolute atomic E-state index is 12.8. The molecule has 1 fully saturated rings. The first-order chi connectivity index (χ1) is 10.4. The van der Waals surface area contributed by atoms with Gasteiger partial charge in [0.05, 0.1) is 7.11 Å². The number of carbonyl (C=O) groups is 1. The molecule has 3 rings (SSSR count). The SMILES string of the molecule is COc1ccc2c(c1)CCC1C2CCCN1C(=O)C(F)(F)F. The molecule has 1 aromatic carbocycles. The van der Waals surface area contributed by atoms with Crippen molar-refractivity contribution in [1.29, 1.82) is 0 Å². The van der Waals surface area contributed by atoms with E-state index < -0.39 is 12.1 Å². The number of amides is 1. The number of nitrogens with zero attached hydrogens (tertiary/aromatic N) is 1. The Labute approximate surface area is 127 Å². The molecule has 0 radical (unpaired) electrons. The number of hydrogen-bond acceptors (Lipinski definition) is 2. The number of likely N-dealkylation sites (tertiary alicyclic amines) is 1. The molecule has 2 atom stereocenters. The Hall–Kier alpha value is -1.72. The standard InChI is InChI=1S/C16H18F3NO2/c1-22-11-5-6-12-10(9-11)4-7-14-13(12)3-2-8-20(14)15(21)16(17,18)19/h5-6,9,13-14H,2-4,7-8H2,1H3. The second-order valence-corrected chi connectivity index (χ2v) is 5.92. The summed E-state index contributed by atoms with van der Waals surface area (Å²) in [5.74, 6) is -0.940. The van der Waals surface area contributed by atoms with Crippen LogP contribution in [0.1, 0.15) is 36.3 Å². The minimum absolute atomic E-state index is 0.00490. The number of piperidine rings is 1. The summed E-state index contributed by atoms with van der Waals surface area (Å²) in [6.45, 7) is 0.199. The van der Waals surface area contributed by atoms with Crippen LogP contribution in [-0.4, -0.2) is 36.7 Å². The summed E-state index contributed by atoms with van der Waals surface area (Å²) in [6.07, 6.45) is -2.11. The van der Waals surface area contributed by atoms with E-state index in [1.165, 1.54) is 0 Å². The maximum Gasteiger partial charge on any atom is 0.471 e. The molecule has 1 heterocycles. The molecular weight excluding hydrogens is 295 g/mol. The first kappa shape index (κ1) is 15.2. The van der Waals surface area contributed by atoms with Gasteiger partial charge in [0.25, 0.3) is 0 Å². The van der Waals surface area contributed by atoms with Gasteiger partial charge in [0, 0.05) is 18.5 Å². The molecule has 0 saturated carbocycles. The number of ether oxygens (including phenoxy) is 1. The molecule has 2 unspecified atom stereocenters. The van der Waals surface area contributed by atoms with Crippen LogP contribution < -0.4 is 4.74 Å². The van der Waals surface area contributed by atoms with Crippen LogP contribution in [0.5, 0.6) is 5.75 Å². The Balaban J connectivity index is 1.90. The van der Waals surface area contributed by atoms with Crippen LogP contribution in [0.15, 0.2) is 18.2 Å². The van der Waals surface area contributed by atoms with Gasteiger partial charge in [-0.3, -0.25) is 4.79 Å². The molecule has 0 spiro atoms. The number of fused-ring (bicyclic) bond motifs is 3. The number of methoxy groups -OCH3 is 1. The van der Waals surface area contributed by atoms with Gasteiger partial charge in [-0.25, -0.2) is 0 Å². The third-order valence-corrected chi connectivity index (χ3v) is 4.74. The zero-order chi connectivity index (χ0) is 15.9. The third kappa shape index (κ3) is 2.55. The first-order valence-electron chi connectivity index (χ1n) is 7.46. The summed E-state index contributed by atoms with van der Waals surface area (Å²) in [7, 11) is 1.59. The molecule has 0 aromatic heterocycles. The van der Waals surface area contributed by atoms with Crippen molar-refractivity contribution < 1.29 is 22.7 Å². The van der Waals surface area contributed by atoms with Crippen LogP contribution >= 0.6 is 0 Å². The van der Waals surface area contributed by atoms with Gasteiger partial charge in [0.1, 0.15) is 5.75 Å². The number of halogens is 3. The van der Waals surface area contributed by atoms with Gasteiger partial charge < -0.3 is 9.64 Å². The average Bonchev–Trinajstić information content (AvgIpc) is 2.51. The summed E-state index contributed by atoms with van der Waals surface area (Å²) in [6, 6.07) is 5.39. The zero-order valence-corrected chi connectivity index (χ0v) is 12.3. The third-order valence-electron chi connectivity index (χ3n) is 4.74. The fourth-order valence-electron chi connectivity index (χ4n) is 3.78. The van der Waals surface area contributed by atoms with Crippen LogP contribution in [0, 0.1) is 0 Å². The molecule has 3 nitrogen and oxygen atoms in total. The van der Waals surface area contributed by atoms with Crippen molar-refractivity contribution in [2.24, 2.45) is 0 Å². The van der Waals surface area contributed by atoms with E-state index in [2.05, 4.69) is 0 Å². The quantitative estimate of drug-likeness (QED) is 0.796. The van der Waals surface area contributed by atoms with Crippen LogP contribution in [-0.2, 0) is 11.2 Å². The lowest BCUT2D eigenvalue weighted by molar-refractivity contribution is -0.189. The predicted molar refractivity (Wildman–Crippen MR) is 74.8 cm³/mol. The highest BCUT2D eigenvalue weighted by Gasteiger charge is 2.48. The summed E-state index contributed by atoms with van der Waals surface area (Å²) >= 11 is 0. The van der Waals surface area contributed by atoms with Gasteiger partial charge in [-0.2, -0.15) is 13.2 Å². The van der Waals surface area contributed by atoms with Crippen molar-refractivity contribution in [3.63, 3.8) is 0 Å². The van der Waals surface area contributed by atoms with E-state index in [4.69, 9.17) is 4.74 Å². The van der Waals surface area contributed by atoms with Gasteiger partial charge >= 0.3 is 12.1 Å². The fourth-order valence-corrected chi connectivity index (χ4v) is 3.78. The Morgan fingerprint density at radius 2 is 2.09 bits per heavy atom. The number of benzene rings is 1. The van der Waals surface area contributed by atoms with Crippen molar-refractivity contribution in [2.45, 2.75) is 43.8 Å². The van der Waals surface area contributed by atoms with E-state index in [0.717, 1.165) is 28.2 Å².